The van der Waals surface area contributed by atoms with Crippen LogP contribution in [0.15, 0.2) is 143 Å². The Balaban J connectivity index is 0.000000178. The maximum absolute atomic E-state index is 12.7. The number of piperidine rings is 3. The number of benzene rings is 5. The summed E-state index contributed by atoms with van der Waals surface area (Å²) in [6.45, 7) is 28.8. The lowest BCUT2D eigenvalue weighted by Crippen LogP contribution is -2.60. The Hall–Kier alpha value is -5.00. The molecule has 9 nitrogen and oxygen atoms in total. The number of rotatable bonds is 10. The zero-order chi connectivity index (χ0) is 53.1. The van der Waals surface area contributed by atoms with Crippen LogP contribution in [0.3, 0.4) is 0 Å². The normalized spacial score (nSPS) is 20.9. The van der Waals surface area contributed by atoms with E-state index in [1.165, 1.54) is 11.1 Å². The van der Waals surface area contributed by atoms with Gasteiger partial charge < -0.3 is 14.2 Å². The smallest absolute Gasteiger partial charge is 0.206 e. The van der Waals surface area contributed by atoms with Crippen LogP contribution < -0.4 is 14.2 Å². The van der Waals surface area contributed by atoms with E-state index in [1.807, 2.05) is 30.3 Å². The van der Waals surface area contributed by atoms with Crippen LogP contribution in [0.1, 0.15) is 139 Å². The first-order valence-electron chi connectivity index (χ1n) is 25.8. The number of ketones is 1. The molecule has 0 aliphatic carbocycles. The fourth-order valence-electron chi connectivity index (χ4n) is 11.2. The molecule has 3 heterocycles. The molecular weight excluding hydrogens is 915 g/mol. The number of carbonyl (C=O) groups is 1. The first-order valence-corrected chi connectivity index (χ1v) is 27.3. The van der Waals surface area contributed by atoms with Gasteiger partial charge in [0.2, 0.25) is 9.84 Å². The van der Waals surface area contributed by atoms with E-state index in [4.69, 9.17) is 14.2 Å². The van der Waals surface area contributed by atoms with Gasteiger partial charge in [-0.15, -0.1) is 0 Å². The molecular formula is C62H85N3O6S. The Morgan fingerprint density at radius 3 is 0.986 bits per heavy atom. The Morgan fingerprint density at radius 1 is 0.403 bits per heavy atom. The van der Waals surface area contributed by atoms with Crippen LogP contribution >= 0.6 is 0 Å². The predicted octanol–water partition coefficient (Wildman–Crippen LogP) is 13.9. The molecule has 8 rings (SSSR count). The summed E-state index contributed by atoms with van der Waals surface area (Å²) in [4.78, 5) is 19.2. The lowest BCUT2D eigenvalue weighted by atomic mass is 9.78. The standard InChI is InChI=1S/C22H29NO3S.C22H29NO.C18H27NO2/c1-21(2)15-18(16-22(3,4)23(21)5)26-17-11-13-20(14-12-17)27(24,25)19-9-7-6-8-10-19;1-21(2)15-20(16-22(3,4)23(21)5)24-19-13-11-18(12-14-19)17-9-7-6-8-10-17;1-13(20)14-7-9-15(10-8-14)21-16-11-17(2,3)19(6)18(4,5)12-16/h6-14,18H,15-16H2,1-5H3;6-14,20H,15-16H2,1-5H3;7-10,16H,11-12H2,1-6H3. The number of likely N-dealkylation sites (tertiary alicyclic amines) is 3. The van der Waals surface area contributed by atoms with Gasteiger partial charge in [-0.25, -0.2) is 8.42 Å². The van der Waals surface area contributed by atoms with Crippen molar-refractivity contribution >= 4 is 15.6 Å². The van der Waals surface area contributed by atoms with Crippen molar-refractivity contribution in [2.24, 2.45) is 0 Å². The average molecular weight is 1000 g/mol. The third-order valence-electron chi connectivity index (χ3n) is 16.1. The molecule has 0 atom stereocenters. The van der Waals surface area contributed by atoms with E-state index in [0.29, 0.717) is 10.6 Å². The van der Waals surface area contributed by atoms with Crippen LogP contribution in [0.4, 0.5) is 0 Å². The van der Waals surface area contributed by atoms with Gasteiger partial charge >= 0.3 is 0 Å². The highest BCUT2D eigenvalue weighted by Gasteiger charge is 2.46. The first kappa shape index (κ1) is 56.3. The van der Waals surface area contributed by atoms with Gasteiger partial charge in [0.15, 0.2) is 5.78 Å². The molecule has 3 aliphatic heterocycles. The van der Waals surface area contributed by atoms with Gasteiger partial charge in [-0.1, -0.05) is 60.7 Å². The van der Waals surface area contributed by atoms with Crippen molar-refractivity contribution in [3.8, 4) is 28.4 Å². The van der Waals surface area contributed by atoms with Gasteiger partial charge in [-0.2, -0.15) is 0 Å². The van der Waals surface area contributed by atoms with Crippen molar-refractivity contribution in [2.45, 2.75) is 190 Å². The van der Waals surface area contributed by atoms with E-state index >= 15 is 0 Å². The lowest BCUT2D eigenvalue weighted by Gasteiger charge is -2.53. The fraction of sp³-hybridized carbons (Fsp3) is 0.500. The third kappa shape index (κ3) is 13.8. The van der Waals surface area contributed by atoms with Gasteiger partial charge in [-0.3, -0.25) is 19.5 Å². The van der Waals surface area contributed by atoms with Crippen LogP contribution in [0, 0.1) is 0 Å². The molecule has 0 unspecified atom stereocenters. The van der Waals surface area contributed by atoms with Crippen LogP contribution in [0.5, 0.6) is 17.2 Å². The maximum Gasteiger partial charge on any atom is 0.206 e. The predicted molar refractivity (Wildman–Crippen MR) is 295 cm³/mol. The lowest BCUT2D eigenvalue weighted by molar-refractivity contribution is -0.0560. The summed E-state index contributed by atoms with van der Waals surface area (Å²) in [5, 5.41) is 0. The van der Waals surface area contributed by atoms with Crippen LogP contribution in [-0.4, -0.2) is 102 Å². The van der Waals surface area contributed by atoms with E-state index in [2.05, 4.69) is 167 Å². The molecule has 0 saturated carbocycles. The zero-order valence-electron chi connectivity index (χ0n) is 46.4. The largest absolute Gasteiger partial charge is 0.490 e. The second kappa shape index (κ2) is 21.8. The number of hydrogen-bond acceptors (Lipinski definition) is 9. The van der Waals surface area contributed by atoms with Gasteiger partial charge in [0.05, 0.1) is 9.79 Å². The molecule has 5 aromatic rings. The summed E-state index contributed by atoms with van der Waals surface area (Å²) < 4.78 is 44.1. The molecule has 72 heavy (non-hydrogen) atoms. The van der Waals surface area contributed by atoms with Crippen molar-refractivity contribution in [1.82, 2.24) is 14.7 Å². The number of carbonyl (C=O) groups excluding carboxylic acids is 1. The highest BCUT2D eigenvalue weighted by atomic mass is 32.2. The first-order chi connectivity index (χ1) is 33.4. The van der Waals surface area contributed by atoms with E-state index in [1.54, 1.807) is 61.5 Å². The molecule has 0 radical (unpaired) electrons. The summed E-state index contributed by atoms with van der Waals surface area (Å²) in [6, 6.07) is 41.7. The number of hydrogen-bond donors (Lipinski definition) is 0. The molecule has 0 spiro atoms. The molecule has 3 aliphatic rings. The topological polar surface area (TPSA) is 88.6 Å². The minimum atomic E-state index is -3.50. The Bertz CT molecular complexity index is 2610. The second-order valence-corrected chi connectivity index (χ2v) is 26.2. The van der Waals surface area contributed by atoms with E-state index < -0.39 is 9.84 Å². The SMILES string of the molecule is CC(=O)c1ccc(OC2CC(C)(C)N(C)C(C)(C)C2)cc1.CN1C(C)(C)CC(Oc2ccc(-c3ccccc3)cc2)CC1(C)C.CN1C(C)(C)CC(Oc2ccc(S(=O)(=O)c3ccccc3)cc2)CC1(C)C. The molecule has 10 heteroatoms. The second-order valence-electron chi connectivity index (χ2n) is 24.3. The van der Waals surface area contributed by atoms with Gasteiger partial charge in [0.25, 0.3) is 0 Å². The average Bonchev–Trinajstić information content (AvgIpc) is 3.30. The minimum Gasteiger partial charge on any atom is -0.490 e. The fourth-order valence-corrected chi connectivity index (χ4v) is 12.5. The zero-order valence-corrected chi connectivity index (χ0v) is 47.2. The maximum atomic E-state index is 12.7. The number of sulfone groups is 1. The van der Waals surface area contributed by atoms with Crippen LogP contribution in [-0.2, 0) is 9.84 Å². The number of nitrogens with zero attached hydrogens (tertiary/aromatic N) is 3. The summed E-state index contributed by atoms with van der Waals surface area (Å²) in [5.74, 6) is 2.61. The summed E-state index contributed by atoms with van der Waals surface area (Å²) in [6.07, 6.45) is 6.52. The highest BCUT2D eigenvalue weighted by Crippen LogP contribution is 2.41. The Kier molecular flexibility index (Phi) is 17.1. The molecule has 0 bridgehead atoms. The van der Waals surface area contributed by atoms with Gasteiger partial charge in [-0.05, 0) is 195 Å². The quantitative estimate of drug-likeness (QED) is 0.127. The molecule has 390 valence electrons. The Morgan fingerprint density at radius 2 is 0.667 bits per heavy atom. The molecule has 0 N–H and O–H groups in total. The van der Waals surface area contributed by atoms with Gasteiger partial charge in [0, 0.05) is 77.3 Å². The molecule has 0 amide bonds. The van der Waals surface area contributed by atoms with Crippen molar-refractivity contribution in [2.75, 3.05) is 21.1 Å². The van der Waals surface area contributed by atoms with Crippen molar-refractivity contribution in [3.63, 3.8) is 0 Å². The van der Waals surface area contributed by atoms with Gasteiger partial charge in [0.1, 0.15) is 35.6 Å². The number of Topliss-reactive ketones (excluding diaryl/α,β-unsaturated/α-hetero) is 1. The highest BCUT2D eigenvalue weighted by molar-refractivity contribution is 7.91. The Labute approximate surface area is 434 Å². The van der Waals surface area contributed by atoms with E-state index in [0.717, 1.165) is 55.6 Å². The molecule has 5 aromatic carbocycles. The van der Waals surface area contributed by atoms with Crippen LogP contribution in [0.2, 0.25) is 0 Å². The third-order valence-corrected chi connectivity index (χ3v) is 17.9. The molecule has 3 saturated heterocycles. The summed E-state index contributed by atoms with van der Waals surface area (Å²) in [7, 11) is 3.09. The summed E-state index contributed by atoms with van der Waals surface area (Å²) >= 11 is 0. The summed E-state index contributed by atoms with van der Waals surface area (Å²) in [5.41, 5.74) is 3.82. The molecule has 0 aromatic heterocycles. The minimum absolute atomic E-state index is 0.0446. The van der Waals surface area contributed by atoms with E-state index in [-0.39, 0.29) is 62.2 Å². The van der Waals surface area contributed by atoms with Crippen molar-refractivity contribution < 1.29 is 27.4 Å². The van der Waals surface area contributed by atoms with Crippen molar-refractivity contribution in [3.05, 3.63) is 139 Å². The van der Waals surface area contributed by atoms with Crippen LogP contribution in [0.25, 0.3) is 11.1 Å². The monoisotopic (exact) mass is 1000 g/mol. The van der Waals surface area contributed by atoms with E-state index in [9.17, 15) is 13.2 Å². The van der Waals surface area contributed by atoms with Crippen molar-refractivity contribution in [1.29, 1.82) is 0 Å². The number of ether oxygens (including phenoxy) is 3. The molecule has 3 fully saturated rings.